The Morgan fingerprint density at radius 2 is 2.47 bits per heavy atom. The fourth-order valence-electron chi connectivity index (χ4n) is 1.30. The largest absolute Gasteiger partial charge is 0.330 e. The Morgan fingerprint density at radius 3 is 3.00 bits per heavy atom. The molecule has 0 aromatic carbocycles. The molecule has 5 nitrogen and oxygen atoms in total. The maximum atomic E-state index is 11.7. The highest BCUT2D eigenvalue weighted by Crippen LogP contribution is 2.08. The lowest BCUT2D eigenvalue weighted by atomic mass is 10.0. The number of hydrogen-bond acceptors (Lipinski definition) is 4. The van der Waals surface area contributed by atoms with E-state index in [1.54, 1.807) is 18.3 Å². The summed E-state index contributed by atoms with van der Waals surface area (Å²) in [4.78, 5) is 11.7. The summed E-state index contributed by atoms with van der Waals surface area (Å²) in [5, 5.41) is 10.1. The minimum absolute atomic E-state index is 0.0835. The average Bonchev–Trinajstić information content (AvgIpc) is 2.27. The van der Waals surface area contributed by atoms with Gasteiger partial charge in [-0.2, -0.15) is 5.10 Å². The Balaban J connectivity index is 2.54. The third-order valence-corrected chi connectivity index (χ3v) is 2.12. The molecule has 0 aliphatic rings. The topological polar surface area (TPSA) is 80.9 Å². The van der Waals surface area contributed by atoms with Crippen LogP contribution in [0.3, 0.4) is 0 Å². The molecule has 1 heterocycles. The van der Waals surface area contributed by atoms with Crippen molar-refractivity contribution in [1.29, 1.82) is 0 Å². The third kappa shape index (κ3) is 3.63. The lowest BCUT2D eigenvalue weighted by molar-refractivity contribution is -0.119. The lowest BCUT2D eigenvalue weighted by Gasteiger charge is -2.12. The van der Waals surface area contributed by atoms with Gasteiger partial charge in [0, 0.05) is 12.7 Å². The number of hydrogen-bond donors (Lipinski definition) is 2. The van der Waals surface area contributed by atoms with Crippen molar-refractivity contribution >= 4 is 11.7 Å². The minimum Gasteiger partial charge on any atom is -0.330 e. The van der Waals surface area contributed by atoms with E-state index >= 15 is 0 Å². The van der Waals surface area contributed by atoms with E-state index in [0.717, 1.165) is 12.8 Å². The molecular weight excluding hydrogens is 192 g/mol. The molecule has 1 unspecified atom stereocenters. The molecule has 0 fully saturated rings. The fraction of sp³-hybridized carbons (Fsp3) is 0.500. The first kappa shape index (κ1) is 11.6. The van der Waals surface area contributed by atoms with Crippen molar-refractivity contribution in [2.24, 2.45) is 11.7 Å². The van der Waals surface area contributed by atoms with Crippen LogP contribution in [0.4, 0.5) is 5.82 Å². The van der Waals surface area contributed by atoms with Crippen molar-refractivity contribution in [3.63, 3.8) is 0 Å². The van der Waals surface area contributed by atoms with Gasteiger partial charge in [0.15, 0.2) is 5.82 Å². The summed E-state index contributed by atoms with van der Waals surface area (Å²) in [6, 6.07) is 3.42. The standard InChI is InChI=1S/C10H16N4O/c1-2-4-8(7-11)10(15)13-9-5-3-6-12-14-9/h3,5-6,8H,2,4,7,11H2,1H3,(H,13,14,15). The summed E-state index contributed by atoms with van der Waals surface area (Å²) in [5.41, 5.74) is 5.52. The van der Waals surface area contributed by atoms with Gasteiger partial charge in [-0.1, -0.05) is 13.3 Å². The van der Waals surface area contributed by atoms with Gasteiger partial charge in [-0.05, 0) is 18.6 Å². The van der Waals surface area contributed by atoms with Crippen molar-refractivity contribution < 1.29 is 4.79 Å². The van der Waals surface area contributed by atoms with Gasteiger partial charge in [0.05, 0.1) is 5.92 Å². The highest BCUT2D eigenvalue weighted by atomic mass is 16.2. The Morgan fingerprint density at radius 1 is 1.67 bits per heavy atom. The molecule has 0 spiro atoms. The number of rotatable bonds is 5. The molecule has 15 heavy (non-hydrogen) atoms. The summed E-state index contributed by atoms with van der Waals surface area (Å²) in [7, 11) is 0. The second-order valence-electron chi connectivity index (χ2n) is 3.32. The van der Waals surface area contributed by atoms with Gasteiger partial charge in [0.1, 0.15) is 0 Å². The molecule has 0 aliphatic carbocycles. The highest BCUT2D eigenvalue weighted by molar-refractivity contribution is 5.91. The zero-order chi connectivity index (χ0) is 11.1. The van der Waals surface area contributed by atoms with Crippen molar-refractivity contribution in [2.75, 3.05) is 11.9 Å². The molecule has 1 rings (SSSR count). The summed E-state index contributed by atoms with van der Waals surface area (Å²) >= 11 is 0. The predicted octanol–water partition coefficient (Wildman–Crippen LogP) is 0.790. The number of anilines is 1. The van der Waals surface area contributed by atoms with Gasteiger partial charge >= 0.3 is 0 Å². The van der Waals surface area contributed by atoms with E-state index in [9.17, 15) is 4.79 Å². The number of nitrogens with two attached hydrogens (primary N) is 1. The number of aromatic nitrogens is 2. The molecular formula is C10H16N4O. The van der Waals surface area contributed by atoms with Crippen LogP contribution in [-0.4, -0.2) is 22.6 Å². The summed E-state index contributed by atoms with van der Waals surface area (Å²) < 4.78 is 0. The van der Waals surface area contributed by atoms with Crippen LogP contribution in [0.15, 0.2) is 18.3 Å². The molecule has 0 bridgehead atoms. The van der Waals surface area contributed by atoms with Crippen LogP contribution in [0.2, 0.25) is 0 Å². The second-order valence-corrected chi connectivity index (χ2v) is 3.32. The molecule has 0 saturated heterocycles. The van der Waals surface area contributed by atoms with Crippen molar-refractivity contribution in [3.05, 3.63) is 18.3 Å². The molecule has 3 N–H and O–H groups in total. The van der Waals surface area contributed by atoms with Crippen LogP contribution in [-0.2, 0) is 4.79 Å². The van der Waals surface area contributed by atoms with Crippen LogP contribution in [0, 0.1) is 5.92 Å². The molecule has 5 heteroatoms. The zero-order valence-corrected chi connectivity index (χ0v) is 8.81. The number of carbonyl (C=O) groups is 1. The van der Waals surface area contributed by atoms with Gasteiger partial charge in [0.2, 0.25) is 5.91 Å². The van der Waals surface area contributed by atoms with Crippen molar-refractivity contribution in [1.82, 2.24) is 10.2 Å². The Labute approximate surface area is 89.1 Å². The SMILES string of the molecule is CCCC(CN)C(=O)Nc1cccnn1. The number of amides is 1. The van der Waals surface area contributed by atoms with Crippen LogP contribution < -0.4 is 11.1 Å². The third-order valence-electron chi connectivity index (χ3n) is 2.12. The normalized spacial score (nSPS) is 12.1. The van der Waals surface area contributed by atoms with E-state index in [1.807, 2.05) is 6.92 Å². The lowest BCUT2D eigenvalue weighted by Crippen LogP contribution is -2.29. The summed E-state index contributed by atoms with van der Waals surface area (Å²) in [5.74, 6) is 0.244. The smallest absolute Gasteiger partial charge is 0.229 e. The number of nitrogens with zero attached hydrogens (tertiary/aromatic N) is 2. The van der Waals surface area contributed by atoms with E-state index in [-0.39, 0.29) is 11.8 Å². The quantitative estimate of drug-likeness (QED) is 0.749. The first-order chi connectivity index (χ1) is 7.27. The zero-order valence-electron chi connectivity index (χ0n) is 8.81. The Kier molecular flexibility index (Phi) is 4.70. The average molecular weight is 208 g/mol. The summed E-state index contributed by atoms with van der Waals surface area (Å²) in [6.45, 7) is 2.39. The highest BCUT2D eigenvalue weighted by Gasteiger charge is 2.15. The van der Waals surface area contributed by atoms with E-state index in [4.69, 9.17) is 5.73 Å². The fourth-order valence-corrected chi connectivity index (χ4v) is 1.30. The van der Waals surface area contributed by atoms with E-state index in [1.165, 1.54) is 0 Å². The monoisotopic (exact) mass is 208 g/mol. The van der Waals surface area contributed by atoms with Crippen LogP contribution in [0.1, 0.15) is 19.8 Å². The van der Waals surface area contributed by atoms with E-state index in [0.29, 0.717) is 12.4 Å². The van der Waals surface area contributed by atoms with Crippen LogP contribution in [0.5, 0.6) is 0 Å². The molecule has 1 aromatic rings. The Bertz CT molecular complexity index is 302. The molecule has 1 amide bonds. The molecule has 0 saturated carbocycles. The maximum Gasteiger partial charge on any atom is 0.229 e. The van der Waals surface area contributed by atoms with Gasteiger partial charge in [-0.15, -0.1) is 5.10 Å². The van der Waals surface area contributed by atoms with Gasteiger partial charge < -0.3 is 11.1 Å². The van der Waals surface area contributed by atoms with Crippen LogP contribution in [0.25, 0.3) is 0 Å². The first-order valence-electron chi connectivity index (χ1n) is 5.06. The van der Waals surface area contributed by atoms with E-state index < -0.39 is 0 Å². The summed E-state index contributed by atoms with van der Waals surface area (Å²) in [6.07, 6.45) is 3.29. The molecule has 0 aliphatic heterocycles. The molecule has 82 valence electrons. The first-order valence-corrected chi connectivity index (χ1v) is 5.06. The second kappa shape index (κ2) is 6.08. The van der Waals surface area contributed by atoms with Gasteiger partial charge in [-0.25, -0.2) is 0 Å². The molecule has 1 aromatic heterocycles. The molecule has 1 atom stereocenters. The Hall–Kier alpha value is -1.49. The van der Waals surface area contributed by atoms with Gasteiger partial charge in [-0.3, -0.25) is 4.79 Å². The molecule has 0 radical (unpaired) electrons. The van der Waals surface area contributed by atoms with Crippen molar-refractivity contribution in [3.8, 4) is 0 Å². The van der Waals surface area contributed by atoms with Crippen molar-refractivity contribution in [2.45, 2.75) is 19.8 Å². The van der Waals surface area contributed by atoms with Gasteiger partial charge in [0.25, 0.3) is 0 Å². The number of nitrogens with one attached hydrogen (secondary N) is 1. The van der Waals surface area contributed by atoms with Crippen LogP contribution >= 0.6 is 0 Å². The maximum absolute atomic E-state index is 11.7. The van der Waals surface area contributed by atoms with E-state index in [2.05, 4.69) is 15.5 Å². The predicted molar refractivity (Wildman–Crippen MR) is 58.1 cm³/mol. The number of carbonyl (C=O) groups excluding carboxylic acids is 1. The minimum atomic E-state index is -0.142.